The molecule has 1 aliphatic heterocycles. The molecule has 0 atom stereocenters. The maximum absolute atomic E-state index is 12.9. The number of amides is 1. The molecule has 2 aromatic rings. The van der Waals surface area contributed by atoms with Crippen LogP contribution in [-0.4, -0.2) is 61.7 Å². The summed E-state index contributed by atoms with van der Waals surface area (Å²) in [5.41, 5.74) is 1.55. The monoisotopic (exact) mass is 372 g/mol. The molecule has 0 aliphatic carbocycles. The highest BCUT2D eigenvalue weighted by Crippen LogP contribution is 2.08. The van der Waals surface area contributed by atoms with Crippen molar-refractivity contribution in [2.24, 2.45) is 0 Å². The van der Waals surface area contributed by atoms with E-state index >= 15 is 0 Å². The van der Waals surface area contributed by atoms with Crippen LogP contribution < -0.4 is 10.6 Å². The predicted octanol–water partition coefficient (Wildman–Crippen LogP) is 1.94. The Kier molecular flexibility index (Phi) is 7.12. The first-order chi connectivity index (χ1) is 13.2. The minimum Gasteiger partial charge on any atom is -0.379 e. The van der Waals surface area contributed by atoms with Crippen LogP contribution in [0.1, 0.15) is 15.9 Å². The summed E-state index contributed by atoms with van der Waals surface area (Å²) < 4.78 is 18.2. The summed E-state index contributed by atoms with van der Waals surface area (Å²) in [5, 5.41) is 6.15. The first kappa shape index (κ1) is 19.3. The molecule has 1 amide bonds. The van der Waals surface area contributed by atoms with Gasteiger partial charge in [0.15, 0.2) is 0 Å². The maximum Gasteiger partial charge on any atom is 0.251 e. The summed E-state index contributed by atoms with van der Waals surface area (Å²) in [4.78, 5) is 18.9. The van der Waals surface area contributed by atoms with Crippen LogP contribution in [0.15, 0.2) is 42.6 Å². The number of morpholine rings is 1. The number of benzene rings is 1. The first-order valence-corrected chi connectivity index (χ1v) is 9.23. The van der Waals surface area contributed by atoms with Gasteiger partial charge < -0.3 is 15.4 Å². The number of carbonyl (C=O) groups is 1. The van der Waals surface area contributed by atoms with Crippen LogP contribution in [0.5, 0.6) is 0 Å². The van der Waals surface area contributed by atoms with Gasteiger partial charge in [-0.1, -0.05) is 12.1 Å². The zero-order valence-electron chi connectivity index (χ0n) is 15.3. The van der Waals surface area contributed by atoms with Gasteiger partial charge in [0.25, 0.3) is 5.91 Å². The normalized spacial score (nSPS) is 14.7. The Morgan fingerprint density at radius 1 is 1.15 bits per heavy atom. The molecule has 0 saturated carbocycles. The third-order valence-corrected chi connectivity index (χ3v) is 4.47. The zero-order valence-corrected chi connectivity index (χ0v) is 15.3. The second-order valence-electron chi connectivity index (χ2n) is 6.44. The van der Waals surface area contributed by atoms with Crippen LogP contribution in [0.25, 0.3) is 0 Å². The second kappa shape index (κ2) is 9.99. The Morgan fingerprint density at radius 2 is 1.93 bits per heavy atom. The Labute approximate surface area is 158 Å². The van der Waals surface area contributed by atoms with E-state index in [9.17, 15) is 9.18 Å². The molecule has 2 N–H and O–H groups in total. The third kappa shape index (κ3) is 6.30. The number of hydrogen-bond donors (Lipinski definition) is 2. The highest BCUT2D eigenvalue weighted by molar-refractivity contribution is 5.94. The van der Waals surface area contributed by atoms with Gasteiger partial charge in [0.05, 0.1) is 13.2 Å². The van der Waals surface area contributed by atoms with Gasteiger partial charge in [-0.25, -0.2) is 9.37 Å². The van der Waals surface area contributed by atoms with E-state index < -0.39 is 0 Å². The molecule has 6 nitrogen and oxygen atoms in total. The first-order valence-electron chi connectivity index (χ1n) is 9.23. The van der Waals surface area contributed by atoms with Crippen LogP contribution >= 0.6 is 0 Å². The second-order valence-corrected chi connectivity index (χ2v) is 6.44. The smallest absolute Gasteiger partial charge is 0.251 e. The van der Waals surface area contributed by atoms with Gasteiger partial charge in [0.1, 0.15) is 11.6 Å². The number of carbonyl (C=O) groups excluding carboxylic acids is 1. The molecule has 1 aliphatic rings. The SMILES string of the molecule is O=C(NCCc1ccc(F)cc1)c1ccnc(NCCN2CCOCC2)c1. The van der Waals surface area contributed by atoms with Crippen LogP contribution in [0.2, 0.25) is 0 Å². The largest absolute Gasteiger partial charge is 0.379 e. The van der Waals surface area contributed by atoms with Crippen LogP contribution in [-0.2, 0) is 11.2 Å². The average Bonchev–Trinajstić information content (AvgIpc) is 2.70. The molecule has 2 heterocycles. The highest BCUT2D eigenvalue weighted by atomic mass is 19.1. The summed E-state index contributed by atoms with van der Waals surface area (Å²) in [6, 6.07) is 9.76. The molecule has 0 unspecified atom stereocenters. The average molecular weight is 372 g/mol. The van der Waals surface area contributed by atoms with Crippen molar-refractivity contribution >= 4 is 11.7 Å². The number of nitrogens with zero attached hydrogens (tertiary/aromatic N) is 2. The van der Waals surface area contributed by atoms with E-state index in [1.807, 2.05) is 0 Å². The summed E-state index contributed by atoms with van der Waals surface area (Å²) >= 11 is 0. The predicted molar refractivity (Wildman–Crippen MR) is 102 cm³/mol. The lowest BCUT2D eigenvalue weighted by atomic mass is 10.1. The molecule has 1 aromatic heterocycles. The summed E-state index contributed by atoms with van der Waals surface area (Å²) in [6.07, 6.45) is 2.29. The maximum atomic E-state index is 12.9. The topological polar surface area (TPSA) is 66.5 Å². The lowest BCUT2D eigenvalue weighted by Gasteiger charge is -2.26. The minimum atomic E-state index is -0.256. The molecule has 1 fully saturated rings. The summed E-state index contributed by atoms with van der Waals surface area (Å²) in [6.45, 7) is 5.64. The minimum absolute atomic E-state index is 0.143. The number of halogens is 1. The van der Waals surface area contributed by atoms with E-state index in [1.54, 1.807) is 30.5 Å². The summed E-state index contributed by atoms with van der Waals surface area (Å²) in [7, 11) is 0. The number of rotatable bonds is 8. The van der Waals surface area contributed by atoms with Crippen molar-refractivity contribution < 1.29 is 13.9 Å². The van der Waals surface area contributed by atoms with Crippen LogP contribution in [0.3, 0.4) is 0 Å². The summed E-state index contributed by atoms with van der Waals surface area (Å²) in [5.74, 6) is 0.290. The molecular weight excluding hydrogens is 347 g/mol. The van der Waals surface area contributed by atoms with Gasteiger partial charge >= 0.3 is 0 Å². The van der Waals surface area contributed by atoms with Gasteiger partial charge in [-0.05, 0) is 36.2 Å². The van der Waals surface area contributed by atoms with E-state index in [1.165, 1.54) is 12.1 Å². The number of ether oxygens (including phenoxy) is 1. The van der Waals surface area contributed by atoms with E-state index in [0.717, 1.165) is 45.0 Å². The quantitative estimate of drug-likeness (QED) is 0.741. The van der Waals surface area contributed by atoms with Crippen molar-refractivity contribution in [3.63, 3.8) is 0 Å². The van der Waals surface area contributed by atoms with Crippen molar-refractivity contribution in [2.45, 2.75) is 6.42 Å². The van der Waals surface area contributed by atoms with Crippen molar-refractivity contribution in [2.75, 3.05) is 51.3 Å². The Bertz CT molecular complexity index is 733. The van der Waals surface area contributed by atoms with Gasteiger partial charge in [-0.3, -0.25) is 9.69 Å². The number of nitrogens with one attached hydrogen (secondary N) is 2. The van der Waals surface area contributed by atoms with Crippen molar-refractivity contribution in [1.82, 2.24) is 15.2 Å². The van der Waals surface area contributed by atoms with E-state index in [-0.39, 0.29) is 11.7 Å². The molecule has 7 heteroatoms. The Balaban J connectivity index is 1.42. The number of hydrogen-bond acceptors (Lipinski definition) is 5. The van der Waals surface area contributed by atoms with Gasteiger partial charge in [0, 0.05) is 44.5 Å². The van der Waals surface area contributed by atoms with Crippen LogP contribution in [0.4, 0.5) is 10.2 Å². The molecule has 144 valence electrons. The third-order valence-electron chi connectivity index (χ3n) is 4.47. The molecule has 3 rings (SSSR count). The highest BCUT2D eigenvalue weighted by Gasteiger charge is 2.10. The van der Waals surface area contributed by atoms with Gasteiger partial charge in [-0.2, -0.15) is 0 Å². The van der Waals surface area contributed by atoms with Crippen molar-refractivity contribution in [3.05, 3.63) is 59.5 Å². The standard InChI is InChI=1S/C20H25FN4O2/c21-18-3-1-16(2-4-18)5-7-24-20(26)17-6-8-22-19(15-17)23-9-10-25-11-13-27-14-12-25/h1-4,6,8,15H,5,7,9-14H2,(H,22,23)(H,24,26). The molecule has 1 aromatic carbocycles. The van der Waals surface area contributed by atoms with Crippen molar-refractivity contribution in [3.8, 4) is 0 Å². The number of anilines is 1. The zero-order chi connectivity index (χ0) is 18.9. The fraction of sp³-hybridized carbons (Fsp3) is 0.400. The molecule has 0 spiro atoms. The van der Waals surface area contributed by atoms with Crippen LogP contribution in [0, 0.1) is 5.82 Å². The molecule has 0 bridgehead atoms. The lowest BCUT2D eigenvalue weighted by Crippen LogP contribution is -2.39. The fourth-order valence-corrected chi connectivity index (χ4v) is 2.91. The Hall–Kier alpha value is -2.51. The van der Waals surface area contributed by atoms with Gasteiger partial charge in [0.2, 0.25) is 0 Å². The van der Waals surface area contributed by atoms with E-state index in [4.69, 9.17) is 4.74 Å². The van der Waals surface area contributed by atoms with Gasteiger partial charge in [-0.15, -0.1) is 0 Å². The molecular formula is C20H25FN4O2. The lowest BCUT2D eigenvalue weighted by molar-refractivity contribution is 0.0398. The van der Waals surface area contributed by atoms with Crippen molar-refractivity contribution in [1.29, 1.82) is 0 Å². The molecule has 27 heavy (non-hydrogen) atoms. The fourth-order valence-electron chi connectivity index (χ4n) is 2.91. The molecule has 1 saturated heterocycles. The van der Waals surface area contributed by atoms with E-state index in [2.05, 4.69) is 20.5 Å². The number of aromatic nitrogens is 1. The molecule has 0 radical (unpaired) electrons. The van der Waals surface area contributed by atoms with E-state index in [0.29, 0.717) is 24.3 Å². The Morgan fingerprint density at radius 3 is 2.70 bits per heavy atom. The number of pyridine rings is 1.